The van der Waals surface area contributed by atoms with Crippen molar-refractivity contribution in [2.75, 3.05) is 25.5 Å². The lowest BCUT2D eigenvalue weighted by molar-refractivity contribution is 0.206. The zero-order chi connectivity index (χ0) is 13.4. The molecule has 1 aromatic rings. The second kappa shape index (κ2) is 7.99. The van der Waals surface area contributed by atoms with E-state index in [1.54, 1.807) is 0 Å². The molecule has 7 heteroatoms. The molecule has 2 amide bonds. The number of nitrogens with one attached hydrogen (secondary N) is 1. The zero-order valence-corrected chi connectivity index (χ0v) is 11.7. The van der Waals surface area contributed by atoms with E-state index in [1.165, 1.54) is 49.2 Å². The Morgan fingerprint density at radius 1 is 1.78 bits per heavy atom. The van der Waals surface area contributed by atoms with E-state index in [9.17, 15) is 4.79 Å². The van der Waals surface area contributed by atoms with Crippen LogP contribution in [0.25, 0.3) is 0 Å². The van der Waals surface area contributed by atoms with E-state index in [4.69, 9.17) is 5.73 Å². The van der Waals surface area contributed by atoms with Gasteiger partial charge in [-0.25, -0.2) is 4.79 Å². The number of nitrogens with zero attached hydrogens (tertiary/aromatic N) is 3. The summed E-state index contributed by atoms with van der Waals surface area (Å²) in [6.45, 7) is 4.94. The Balaban J connectivity index is 0. The summed E-state index contributed by atoms with van der Waals surface area (Å²) in [4.78, 5) is 12.6. The Kier molecular flexibility index (Phi) is 6.59. The summed E-state index contributed by atoms with van der Waals surface area (Å²) in [5.41, 5.74) is 6.28. The molecule has 6 nitrogen and oxygen atoms in total. The summed E-state index contributed by atoms with van der Waals surface area (Å²) in [5.74, 6) is 0.990. The van der Waals surface area contributed by atoms with E-state index in [1.807, 2.05) is 0 Å². The SMILES string of the molecule is CC[C@@H]1CCCN(C)C1.NC(=O)Nc1nncs1.[HH].[HH]. The first kappa shape index (κ1) is 14.8. The smallest absolute Gasteiger partial charge is 0.318 e. The monoisotopic (exact) mass is 275 g/mol. The van der Waals surface area contributed by atoms with Gasteiger partial charge in [-0.15, -0.1) is 10.2 Å². The maximum atomic E-state index is 10.1. The Morgan fingerprint density at radius 2 is 2.56 bits per heavy atom. The minimum atomic E-state index is -0.619. The number of nitrogens with two attached hydrogens (primary N) is 1. The predicted octanol–water partition coefficient (Wildman–Crippen LogP) is 2.26. The van der Waals surface area contributed by atoms with Crippen LogP contribution >= 0.6 is 11.3 Å². The third kappa shape index (κ3) is 5.92. The van der Waals surface area contributed by atoms with E-state index in [2.05, 4.69) is 34.4 Å². The third-order valence-corrected chi connectivity index (χ3v) is 3.50. The fourth-order valence-corrected chi connectivity index (χ4v) is 2.39. The van der Waals surface area contributed by atoms with Gasteiger partial charge in [0.1, 0.15) is 5.51 Å². The summed E-state index contributed by atoms with van der Waals surface area (Å²) in [6, 6.07) is -0.619. The molecule has 0 bridgehead atoms. The highest BCUT2D eigenvalue weighted by Crippen LogP contribution is 2.17. The molecular formula is C11H25N5OS. The van der Waals surface area contributed by atoms with Gasteiger partial charge in [-0.1, -0.05) is 24.7 Å². The summed E-state index contributed by atoms with van der Waals surface area (Å²) < 4.78 is 0. The summed E-state index contributed by atoms with van der Waals surface area (Å²) in [6.07, 6.45) is 4.24. The number of primary amides is 1. The molecule has 0 spiro atoms. The van der Waals surface area contributed by atoms with Gasteiger partial charge in [0.05, 0.1) is 0 Å². The number of carbonyl (C=O) groups is 1. The van der Waals surface area contributed by atoms with Gasteiger partial charge in [0.2, 0.25) is 5.13 Å². The Labute approximate surface area is 115 Å². The van der Waals surface area contributed by atoms with E-state index in [-0.39, 0.29) is 2.85 Å². The molecule has 3 N–H and O–H groups in total. The van der Waals surface area contributed by atoms with Crippen molar-refractivity contribution in [2.45, 2.75) is 26.2 Å². The van der Waals surface area contributed by atoms with Crippen LogP contribution in [0.1, 0.15) is 29.0 Å². The number of carbonyl (C=O) groups excluding carboxylic acids is 1. The van der Waals surface area contributed by atoms with Crippen molar-refractivity contribution in [3.05, 3.63) is 5.51 Å². The molecule has 1 fully saturated rings. The highest BCUT2D eigenvalue weighted by molar-refractivity contribution is 7.13. The second-order valence-electron chi connectivity index (χ2n) is 4.41. The average molecular weight is 275 g/mol. The topological polar surface area (TPSA) is 84.1 Å². The number of anilines is 1. The molecule has 0 radical (unpaired) electrons. The third-order valence-electron chi connectivity index (χ3n) is 2.89. The lowest BCUT2D eigenvalue weighted by Gasteiger charge is -2.28. The quantitative estimate of drug-likeness (QED) is 0.867. The first-order valence-corrected chi connectivity index (χ1v) is 7.01. The maximum absolute atomic E-state index is 10.1. The molecule has 2 rings (SSSR count). The van der Waals surface area contributed by atoms with Crippen LogP contribution in [0.3, 0.4) is 0 Å². The van der Waals surface area contributed by atoms with Crippen LogP contribution in [-0.2, 0) is 0 Å². The molecule has 106 valence electrons. The minimum Gasteiger partial charge on any atom is -0.351 e. The molecule has 1 atom stereocenters. The maximum Gasteiger partial charge on any atom is 0.318 e. The molecule has 1 aromatic heterocycles. The number of piperidine rings is 1. The van der Waals surface area contributed by atoms with Gasteiger partial charge in [-0.2, -0.15) is 0 Å². The molecule has 2 heterocycles. The van der Waals surface area contributed by atoms with Gasteiger partial charge in [-0.3, -0.25) is 5.32 Å². The second-order valence-corrected chi connectivity index (χ2v) is 5.25. The number of urea groups is 1. The molecular weight excluding hydrogens is 250 g/mol. The van der Waals surface area contributed by atoms with Gasteiger partial charge in [0.25, 0.3) is 0 Å². The Hall–Kier alpha value is -1.21. The van der Waals surface area contributed by atoms with Crippen molar-refractivity contribution in [1.29, 1.82) is 0 Å². The summed E-state index contributed by atoms with van der Waals surface area (Å²) >= 11 is 1.22. The Bertz CT molecular complexity index is 353. The van der Waals surface area contributed by atoms with Crippen LogP contribution in [0.4, 0.5) is 9.93 Å². The van der Waals surface area contributed by atoms with Crippen LogP contribution in [0, 0.1) is 5.92 Å². The molecule has 0 aromatic carbocycles. The van der Waals surface area contributed by atoms with E-state index >= 15 is 0 Å². The van der Waals surface area contributed by atoms with Crippen LogP contribution in [0.15, 0.2) is 5.51 Å². The number of hydrogen-bond acceptors (Lipinski definition) is 5. The van der Waals surface area contributed by atoms with Gasteiger partial charge >= 0.3 is 6.03 Å². The summed E-state index contributed by atoms with van der Waals surface area (Å²) in [5, 5.41) is 9.67. The van der Waals surface area contributed by atoms with Gasteiger partial charge in [0, 0.05) is 9.40 Å². The highest BCUT2D eigenvalue weighted by atomic mass is 32.1. The largest absolute Gasteiger partial charge is 0.351 e. The number of rotatable bonds is 2. The predicted molar refractivity (Wildman–Crippen MR) is 77.9 cm³/mol. The minimum absolute atomic E-state index is 0. The number of amides is 2. The van der Waals surface area contributed by atoms with Gasteiger partial charge < -0.3 is 10.6 Å². The lowest BCUT2D eigenvalue weighted by Crippen LogP contribution is -2.31. The average Bonchev–Trinajstić information content (AvgIpc) is 2.82. The molecule has 0 saturated carbocycles. The first-order chi connectivity index (χ1) is 8.61. The van der Waals surface area contributed by atoms with Crippen molar-refractivity contribution < 1.29 is 7.65 Å². The molecule has 1 aliphatic rings. The van der Waals surface area contributed by atoms with E-state index < -0.39 is 6.03 Å². The normalized spacial score (nSPS) is 19.8. The molecule has 18 heavy (non-hydrogen) atoms. The molecule has 0 aliphatic carbocycles. The van der Waals surface area contributed by atoms with Gasteiger partial charge in [-0.05, 0) is 32.4 Å². The summed E-state index contributed by atoms with van der Waals surface area (Å²) in [7, 11) is 2.22. The van der Waals surface area contributed by atoms with Gasteiger partial charge in [0.15, 0.2) is 0 Å². The zero-order valence-electron chi connectivity index (χ0n) is 10.9. The fraction of sp³-hybridized carbons (Fsp3) is 0.727. The standard InChI is InChI=1S/C8H17N.C3H4N4OS.2H2/c1-3-8-5-4-6-9(2)7-8;4-2(8)6-3-7-5-1-9-3;;/h8H,3-7H2,1-2H3;1H,(H3,4,6,7,8);2*1H/t8-;;;/m1.../s1. The van der Waals surface area contributed by atoms with Crippen LogP contribution in [0.2, 0.25) is 0 Å². The molecule has 1 saturated heterocycles. The molecule has 0 unspecified atom stereocenters. The van der Waals surface area contributed by atoms with E-state index in [0.29, 0.717) is 5.13 Å². The number of hydrogen-bond donors (Lipinski definition) is 2. The molecule has 1 aliphatic heterocycles. The van der Waals surface area contributed by atoms with E-state index in [0.717, 1.165) is 5.92 Å². The van der Waals surface area contributed by atoms with Crippen molar-refractivity contribution in [3.8, 4) is 0 Å². The van der Waals surface area contributed by atoms with Crippen LogP contribution in [0.5, 0.6) is 0 Å². The number of aromatic nitrogens is 2. The first-order valence-electron chi connectivity index (χ1n) is 6.13. The van der Waals surface area contributed by atoms with Crippen LogP contribution < -0.4 is 11.1 Å². The van der Waals surface area contributed by atoms with Crippen molar-refractivity contribution >= 4 is 22.5 Å². The number of likely N-dealkylation sites (tertiary alicyclic amines) is 1. The highest BCUT2D eigenvalue weighted by Gasteiger charge is 2.14. The Morgan fingerprint density at radius 3 is 3.00 bits per heavy atom. The van der Waals surface area contributed by atoms with Crippen molar-refractivity contribution in [3.63, 3.8) is 0 Å². The lowest BCUT2D eigenvalue weighted by atomic mass is 9.96. The van der Waals surface area contributed by atoms with Crippen molar-refractivity contribution in [2.24, 2.45) is 11.7 Å². The van der Waals surface area contributed by atoms with Crippen LogP contribution in [-0.4, -0.2) is 41.3 Å². The van der Waals surface area contributed by atoms with Crippen molar-refractivity contribution in [1.82, 2.24) is 15.1 Å². The fourth-order valence-electron chi connectivity index (χ4n) is 1.94.